The smallest absolute Gasteiger partial charge is 0.224 e. The predicted molar refractivity (Wildman–Crippen MR) is 83.7 cm³/mol. The molecule has 110 valence electrons. The van der Waals surface area contributed by atoms with Gasteiger partial charge in [-0.05, 0) is 30.5 Å². The zero-order chi connectivity index (χ0) is 15.0. The molecule has 6 heteroatoms. The molecule has 0 saturated heterocycles. The lowest BCUT2D eigenvalue weighted by Gasteiger charge is -2.19. The molecule has 3 rings (SSSR count). The Labute approximate surface area is 123 Å². The van der Waals surface area contributed by atoms with Crippen LogP contribution in [0.2, 0.25) is 0 Å². The van der Waals surface area contributed by atoms with E-state index in [1.54, 1.807) is 4.68 Å². The van der Waals surface area contributed by atoms with E-state index in [-0.39, 0.29) is 5.91 Å². The van der Waals surface area contributed by atoms with Gasteiger partial charge >= 0.3 is 0 Å². The summed E-state index contributed by atoms with van der Waals surface area (Å²) in [5.74, 6) is 0.0446. The van der Waals surface area contributed by atoms with Crippen molar-refractivity contribution in [2.45, 2.75) is 26.2 Å². The van der Waals surface area contributed by atoms with Gasteiger partial charge in [-0.2, -0.15) is 5.10 Å². The summed E-state index contributed by atoms with van der Waals surface area (Å²) in [5, 5.41) is 10.6. The molecule has 0 unspecified atom stereocenters. The first kappa shape index (κ1) is 13.5. The van der Waals surface area contributed by atoms with E-state index in [2.05, 4.69) is 22.7 Å². The van der Waals surface area contributed by atoms with E-state index in [1.165, 1.54) is 0 Å². The maximum absolute atomic E-state index is 11.4. The Balaban J connectivity index is 1.94. The van der Waals surface area contributed by atoms with Gasteiger partial charge in [0.1, 0.15) is 0 Å². The zero-order valence-corrected chi connectivity index (χ0v) is 12.2. The first-order valence-corrected chi connectivity index (χ1v) is 7.08. The molecule has 2 heterocycles. The number of benzene rings is 1. The van der Waals surface area contributed by atoms with Gasteiger partial charge in [0.25, 0.3) is 0 Å². The minimum absolute atomic E-state index is 0.0446. The lowest BCUT2D eigenvalue weighted by Crippen LogP contribution is -2.19. The molecule has 1 aliphatic rings. The molecule has 1 aromatic carbocycles. The Morgan fingerprint density at radius 1 is 1.38 bits per heavy atom. The molecule has 1 amide bonds. The first-order chi connectivity index (χ1) is 10.1. The zero-order valence-electron chi connectivity index (χ0n) is 12.2. The maximum atomic E-state index is 11.4. The molecule has 1 aromatic heterocycles. The van der Waals surface area contributed by atoms with Gasteiger partial charge in [0.2, 0.25) is 5.91 Å². The Hall–Kier alpha value is -2.50. The van der Waals surface area contributed by atoms with Gasteiger partial charge in [-0.3, -0.25) is 9.48 Å². The number of nitrogens with one attached hydrogen (secondary N) is 2. The molecule has 0 saturated carbocycles. The number of carbonyl (C=O) groups is 1. The van der Waals surface area contributed by atoms with E-state index in [1.807, 2.05) is 25.4 Å². The van der Waals surface area contributed by atoms with E-state index < -0.39 is 0 Å². The molecule has 6 nitrogen and oxygen atoms in total. The van der Waals surface area contributed by atoms with Crippen molar-refractivity contribution in [3.63, 3.8) is 0 Å². The summed E-state index contributed by atoms with van der Waals surface area (Å²) in [5.41, 5.74) is 11.5. The molecule has 0 aliphatic carbocycles. The second-order valence-electron chi connectivity index (χ2n) is 5.29. The number of fused-ring (bicyclic) bond motifs is 1. The third-order valence-corrected chi connectivity index (χ3v) is 3.68. The predicted octanol–water partition coefficient (Wildman–Crippen LogP) is 2.19. The van der Waals surface area contributed by atoms with Crippen molar-refractivity contribution in [2.75, 3.05) is 16.4 Å². The highest BCUT2D eigenvalue weighted by Crippen LogP contribution is 2.33. The van der Waals surface area contributed by atoms with Crippen LogP contribution < -0.4 is 16.4 Å². The molecular formula is C15H19N5O. The van der Waals surface area contributed by atoms with Gasteiger partial charge < -0.3 is 16.4 Å². The van der Waals surface area contributed by atoms with E-state index >= 15 is 0 Å². The maximum Gasteiger partial charge on any atom is 0.224 e. The highest BCUT2D eigenvalue weighted by atomic mass is 16.1. The SMILES string of the molecule is CCc1nn(C)cc1Nc1cc2c(cc1N)NC(=O)CC2. The van der Waals surface area contributed by atoms with Crippen LogP contribution >= 0.6 is 0 Å². The lowest BCUT2D eigenvalue weighted by molar-refractivity contribution is -0.116. The monoisotopic (exact) mass is 285 g/mol. The van der Waals surface area contributed by atoms with Crippen molar-refractivity contribution < 1.29 is 4.79 Å². The number of rotatable bonds is 3. The van der Waals surface area contributed by atoms with Crippen LogP contribution in [0.4, 0.5) is 22.7 Å². The number of anilines is 4. The number of aromatic nitrogens is 2. The van der Waals surface area contributed by atoms with Crippen molar-refractivity contribution >= 4 is 28.7 Å². The molecule has 1 aliphatic heterocycles. The molecule has 0 atom stereocenters. The van der Waals surface area contributed by atoms with Crippen LogP contribution in [-0.2, 0) is 24.7 Å². The summed E-state index contributed by atoms with van der Waals surface area (Å²) in [6, 6.07) is 3.83. The number of hydrogen-bond donors (Lipinski definition) is 3. The van der Waals surface area contributed by atoms with E-state index in [4.69, 9.17) is 5.73 Å². The van der Waals surface area contributed by atoms with Gasteiger partial charge in [0.05, 0.1) is 22.8 Å². The average molecular weight is 285 g/mol. The van der Waals surface area contributed by atoms with Crippen LogP contribution in [0.5, 0.6) is 0 Å². The molecule has 4 N–H and O–H groups in total. The number of aryl methyl sites for hydroxylation is 3. The second kappa shape index (κ2) is 5.12. The summed E-state index contributed by atoms with van der Waals surface area (Å²) in [6.45, 7) is 2.07. The number of nitrogens with zero attached hydrogens (tertiary/aromatic N) is 2. The third kappa shape index (κ3) is 2.56. The highest BCUT2D eigenvalue weighted by molar-refractivity contribution is 5.95. The van der Waals surface area contributed by atoms with Crippen molar-refractivity contribution in [3.8, 4) is 0 Å². The topological polar surface area (TPSA) is 85.0 Å². The van der Waals surface area contributed by atoms with Crippen LogP contribution in [0, 0.1) is 0 Å². The van der Waals surface area contributed by atoms with Crippen molar-refractivity contribution in [3.05, 3.63) is 29.6 Å². The Morgan fingerprint density at radius 3 is 2.95 bits per heavy atom. The fourth-order valence-electron chi connectivity index (χ4n) is 2.60. The van der Waals surface area contributed by atoms with Gasteiger partial charge in [0, 0.05) is 25.4 Å². The molecule has 0 fully saturated rings. The summed E-state index contributed by atoms with van der Waals surface area (Å²) < 4.78 is 1.79. The van der Waals surface area contributed by atoms with Gasteiger partial charge in [-0.1, -0.05) is 6.92 Å². The molecule has 0 spiro atoms. The summed E-state index contributed by atoms with van der Waals surface area (Å²) in [7, 11) is 1.90. The third-order valence-electron chi connectivity index (χ3n) is 3.68. The minimum atomic E-state index is 0.0446. The van der Waals surface area contributed by atoms with Gasteiger partial charge in [-0.15, -0.1) is 0 Å². The molecule has 21 heavy (non-hydrogen) atoms. The Morgan fingerprint density at radius 2 is 2.19 bits per heavy atom. The van der Waals surface area contributed by atoms with Gasteiger partial charge in [0.15, 0.2) is 0 Å². The normalized spacial score (nSPS) is 13.7. The van der Waals surface area contributed by atoms with Crippen molar-refractivity contribution in [2.24, 2.45) is 7.05 Å². The lowest BCUT2D eigenvalue weighted by atomic mass is 10.0. The molecule has 2 aromatic rings. The minimum Gasteiger partial charge on any atom is -0.397 e. The van der Waals surface area contributed by atoms with E-state index in [0.29, 0.717) is 12.1 Å². The summed E-state index contributed by atoms with van der Waals surface area (Å²) in [6.07, 6.45) is 4.05. The molecule has 0 radical (unpaired) electrons. The first-order valence-electron chi connectivity index (χ1n) is 7.08. The number of nitrogens with two attached hydrogens (primary N) is 1. The van der Waals surface area contributed by atoms with Crippen LogP contribution in [0.25, 0.3) is 0 Å². The summed E-state index contributed by atoms with van der Waals surface area (Å²) in [4.78, 5) is 11.4. The van der Waals surface area contributed by atoms with Crippen molar-refractivity contribution in [1.82, 2.24) is 9.78 Å². The van der Waals surface area contributed by atoms with Crippen LogP contribution in [0.1, 0.15) is 24.6 Å². The Bertz CT molecular complexity index is 704. The fourth-order valence-corrected chi connectivity index (χ4v) is 2.60. The van der Waals surface area contributed by atoms with Gasteiger partial charge in [-0.25, -0.2) is 0 Å². The van der Waals surface area contributed by atoms with E-state index in [0.717, 1.165) is 41.2 Å². The number of nitrogen functional groups attached to an aromatic ring is 1. The van der Waals surface area contributed by atoms with Crippen molar-refractivity contribution in [1.29, 1.82) is 0 Å². The van der Waals surface area contributed by atoms with E-state index in [9.17, 15) is 4.79 Å². The van der Waals surface area contributed by atoms with Crippen LogP contribution in [0.15, 0.2) is 18.3 Å². The quantitative estimate of drug-likeness (QED) is 0.755. The molecule has 0 bridgehead atoms. The Kier molecular flexibility index (Phi) is 3.29. The second-order valence-corrected chi connectivity index (χ2v) is 5.29. The largest absolute Gasteiger partial charge is 0.397 e. The average Bonchev–Trinajstić information content (AvgIpc) is 2.80. The standard InChI is InChI=1S/C15H19N5O/c1-3-11-14(8-20(2)19-11)17-13-6-9-4-5-15(21)18-12(9)7-10(13)16/h6-8,17H,3-5,16H2,1-2H3,(H,18,21). The number of hydrogen-bond acceptors (Lipinski definition) is 4. The number of amides is 1. The molecular weight excluding hydrogens is 266 g/mol. The van der Waals surface area contributed by atoms with Crippen LogP contribution in [-0.4, -0.2) is 15.7 Å². The highest BCUT2D eigenvalue weighted by Gasteiger charge is 2.17. The summed E-state index contributed by atoms with van der Waals surface area (Å²) >= 11 is 0. The van der Waals surface area contributed by atoms with Crippen LogP contribution in [0.3, 0.4) is 0 Å². The number of carbonyl (C=O) groups excluding carboxylic acids is 1. The fraction of sp³-hybridized carbons (Fsp3) is 0.333.